The number of benzene rings is 3. The third-order valence-corrected chi connectivity index (χ3v) is 15.1. The molecule has 0 saturated carbocycles. The summed E-state index contributed by atoms with van der Waals surface area (Å²) in [6.07, 6.45) is 2.87. The van der Waals surface area contributed by atoms with Gasteiger partial charge in [-0.15, -0.1) is 22.7 Å². The number of rotatable bonds is 11. The predicted octanol–water partition coefficient (Wildman–Crippen LogP) is 7.80. The van der Waals surface area contributed by atoms with Gasteiger partial charge < -0.3 is 29.6 Å². The standard InChI is InChI=1S/C22H25N3O2S2.C20H24N4O4S2/c1-16-14-25(15-17(2)23-16)20-6-3-5-19(13-20)24-29(26,27)21-10-8-18(9-11-21)22-7-4-12-28-22;1-13-10-24(11-14(2)22-13)16-8-15(4-5-17(16)27-3)23-30(25,26)20-7-6-19(29-20)18-9-21-12-28-18/h3-13,16-17,23-24H,14-15H2,1-2H3;4-9,12-14,22-23H,10-11H2,1-3H3/t16-,17+;13-,14+. The van der Waals surface area contributed by atoms with Gasteiger partial charge >= 0.3 is 0 Å². The number of hydrogen-bond donors (Lipinski definition) is 4. The molecule has 0 spiro atoms. The molecule has 5 heterocycles. The number of nitrogens with zero attached hydrogens (tertiary/aromatic N) is 3. The maximum absolute atomic E-state index is 12.9. The van der Waals surface area contributed by atoms with Gasteiger partial charge in [0.05, 0.1) is 40.1 Å². The highest BCUT2D eigenvalue weighted by Crippen LogP contribution is 2.36. The van der Waals surface area contributed by atoms with Crippen LogP contribution in [0.1, 0.15) is 27.7 Å². The Morgan fingerprint density at radius 2 is 1.39 bits per heavy atom. The lowest BCUT2D eigenvalue weighted by molar-refractivity contribution is 0.391. The molecule has 2 aliphatic rings. The Balaban J connectivity index is 0.000000179. The van der Waals surface area contributed by atoms with Gasteiger partial charge in [-0.05, 0) is 105 Å². The molecule has 0 bridgehead atoms. The Morgan fingerprint density at radius 3 is 2.02 bits per heavy atom. The molecular formula is C42H49N7O6S4. The van der Waals surface area contributed by atoms with Crippen molar-refractivity contribution in [3.05, 3.63) is 109 Å². The second kappa shape index (κ2) is 18.1. The van der Waals surface area contributed by atoms with Gasteiger partial charge in [0.25, 0.3) is 20.0 Å². The zero-order chi connectivity index (χ0) is 41.7. The number of ether oxygens (including phenoxy) is 1. The van der Waals surface area contributed by atoms with Crippen molar-refractivity contribution in [2.45, 2.75) is 61.0 Å². The highest BCUT2D eigenvalue weighted by atomic mass is 32.2. The molecule has 0 radical (unpaired) electrons. The number of piperazine rings is 2. The SMILES string of the molecule is COc1ccc(NS(=O)(=O)c2ccc(-c3cnco3)s2)cc1N1C[C@@H](C)N[C@@H](C)C1.C[C@@H]1CN(c2cccc(NS(=O)(=O)c3ccc(-c4cccs4)cc3)c2)C[C@H](C)N1. The molecular weight excluding hydrogens is 827 g/mol. The van der Waals surface area contributed by atoms with E-state index >= 15 is 0 Å². The van der Waals surface area contributed by atoms with E-state index in [2.05, 4.69) is 62.6 Å². The predicted molar refractivity (Wildman–Crippen MR) is 239 cm³/mol. The summed E-state index contributed by atoms with van der Waals surface area (Å²) in [7, 11) is -5.76. The van der Waals surface area contributed by atoms with Gasteiger partial charge in [0.2, 0.25) is 0 Å². The van der Waals surface area contributed by atoms with Crippen molar-refractivity contribution in [1.29, 1.82) is 0 Å². The van der Waals surface area contributed by atoms with Crippen molar-refractivity contribution in [3.63, 3.8) is 0 Å². The van der Waals surface area contributed by atoms with Crippen molar-refractivity contribution < 1.29 is 26.0 Å². The summed E-state index contributed by atoms with van der Waals surface area (Å²) in [6.45, 7) is 12.0. The van der Waals surface area contributed by atoms with Crippen molar-refractivity contribution in [2.75, 3.05) is 52.5 Å². The lowest BCUT2D eigenvalue weighted by atomic mass is 10.1. The number of anilines is 4. The maximum atomic E-state index is 12.9. The van der Waals surface area contributed by atoms with E-state index < -0.39 is 20.0 Å². The number of nitrogens with one attached hydrogen (secondary N) is 4. The first-order valence-electron chi connectivity index (χ1n) is 19.2. The number of oxazole rings is 1. The normalized spacial score (nSPS) is 19.7. The first-order chi connectivity index (χ1) is 28.3. The molecule has 4 atom stereocenters. The lowest BCUT2D eigenvalue weighted by Crippen LogP contribution is -2.54. The van der Waals surface area contributed by atoms with Crippen LogP contribution in [-0.4, -0.2) is 79.3 Å². The molecule has 59 heavy (non-hydrogen) atoms. The molecule has 4 N–H and O–H groups in total. The van der Waals surface area contributed by atoms with E-state index in [-0.39, 0.29) is 9.10 Å². The Labute approximate surface area is 354 Å². The third-order valence-electron chi connectivity index (χ3n) is 9.84. The van der Waals surface area contributed by atoms with Crippen LogP contribution in [0.4, 0.5) is 22.7 Å². The summed E-state index contributed by atoms with van der Waals surface area (Å²) < 4.78 is 68.0. The molecule has 13 nitrogen and oxygen atoms in total. The number of thiophene rings is 2. The monoisotopic (exact) mass is 875 g/mol. The minimum atomic E-state index is -3.74. The van der Waals surface area contributed by atoms with E-state index in [9.17, 15) is 16.8 Å². The Bertz CT molecular complexity index is 2510. The zero-order valence-electron chi connectivity index (χ0n) is 33.5. The highest BCUT2D eigenvalue weighted by molar-refractivity contribution is 7.94. The van der Waals surface area contributed by atoms with Crippen LogP contribution in [0.3, 0.4) is 0 Å². The summed E-state index contributed by atoms with van der Waals surface area (Å²) >= 11 is 2.76. The van der Waals surface area contributed by atoms with E-state index in [0.29, 0.717) is 51.9 Å². The van der Waals surface area contributed by atoms with Crippen LogP contribution in [0.5, 0.6) is 5.75 Å². The molecule has 6 aromatic rings. The van der Waals surface area contributed by atoms with Crippen LogP contribution < -0.4 is 34.6 Å². The molecule has 8 rings (SSSR count). The maximum Gasteiger partial charge on any atom is 0.271 e. The topological polar surface area (TPSA) is 158 Å². The summed E-state index contributed by atoms with van der Waals surface area (Å²) in [4.78, 5) is 10.5. The van der Waals surface area contributed by atoms with Crippen LogP contribution in [-0.2, 0) is 20.0 Å². The molecule has 2 aliphatic heterocycles. The minimum Gasteiger partial charge on any atom is -0.495 e. The van der Waals surface area contributed by atoms with Crippen LogP contribution in [0.25, 0.3) is 21.1 Å². The van der Waals surface area contributed by atoms with Gasteiger partial charge in [0.1, 0.15) is 9.96 Å². The molecule has 2 saturated heterocycles. The van der Waals surface area contributed by atoms with Gasteiger partial charge in [-0.2, -0.15) is 0 Å². The van der Waals surface area contributed by atoms with Crippen LogP contribution >= 0.6 is 22.7 Å². The molecule has 0 aliphatic carbocycles. The largest absolute Gasteiger partial charge is 0.495 e. The smallest absolute Gasteiger partial charge is 0.271 e. The first-order valence-corrected chi connectivity index (χ1v) is 23.9. The van der Waals surface area contributed by atoms with Crippen molar-refractivity contribution in [1.82, 2.24) is 15.6 Å². The number of methoxy groups -OCH3 is 1. The van der Waals surface area contributed by atoms with Gasteiger partial charge in [-0.1, -0.05) is 24.3 Å². The van der Waals surface area contributed by atoms with E-state index in [4.69, 9.17) is 9.15 Å². The molecule has 2 fully saturated rings. The summed E-state index contributed by atoms with van der Waals surface area (Å²) in [5, 5.41) is 9.02. The minimum absolute atomic E-state index is 0.204. The third kappa shape index (κ3) is 10.5. The van der Waals surface area contributed by atoms with E-state index in [1.807, 2.05) is 53.9 Å². The second-order valence-corrected chi connectivity index (χ2v) is 20.5. The highest BCUT2D eigenvalue weighted by Gasteiger charge is 2.26. The van der Waals surface area contributed by atoms with Crippen molar-refractivity contribution >= 4 is 65.5 Å². The molecule has 0 amide bonds. The fourth-order valence-corrected chi connectivity index (χ4v) is 11.5. The van der Waals surface area contributed by atoms with Crippen LogP contribution in [0.2, 0.25) is 0 Å². The first kappa shape index (κ1) is 42.2. The average Bonchev–Trinajstić information content (AvgIpc) is 4.02. The van der Waals surface area contributed by atoms with Gasteiger partial charge in [0.15, 0.2) is 12.2 Å². The Morgan fingerprint density at radius 1 is 0.729 bits per heavy atom. The number of sulfonamides is 2. The van der Waals surface area contributed by atoms with Gasteiger partial charge in [-0.3, -0.25) is 9.44 Å². The van der Waals surface area contributed by atoms with Gasteiger partial charge in [0, 0.05) is 60.9 Å². The molecule has 3 aromatic carbocycles. The summed E-state index contributed by atoms with van der Waals surface area (Å²) in [5.74, 6) is 1.25. The average molecular weight is 876 g/mol. The number of aromatic nitrogens is 1. The lowest BCUT2D eigenvalue weighted by Gasteiger charge is -2.38. The van der Waals surface area contributed by atoms with Crippen LogP contribution in [0, 0.1) is 0 Å². The Kier molecular flexibility index (Phi) is 13.0. The van der Waals surface area contributed by atoms with Gasteiger partial charge in [-0.25, -0.2) is 21.8 Å². The molecule has 17 heteroatoms. The van der Waals surface area contributed by atoms with E-state index in [1.54, 1.807) is 67.1 Å². The zero-order valence-corrected chi connectivity index (χ0v) is 36.7. The second-order valence-electron chi connectivity index (χ2n) is 14.9. The Hall–Kier alpha value is -4.91. The fraction of sp³-hybridized carbons (Fsp3) is 0.310. The molecule has 312 valence electrons. The van der Waals surface area contributed by atoms with E-state index in [0.717, 1.165) is 59.3 Å². The molecule has 0 unspecified atom stereocenters. The fourth-order valence-electron chi connectivity index (χ4n) is 7.42. The number of hydrogen-bond acceptors (Lipinski definition) is 13. The van der Waals surface area contributed by atoms with Crippen molar-refractivity contribution in [3.8, 4) is 26.8 Å². The van der Waals surface area contributed by atoms with Crippen molar-refractivity contribution in [2.24, 2.45) is 0 Å². The molecule has 3 aromatic heterocycles. The summed E-state index contributed by atoms with van der Waals surface area (Å²) in [5.41, 5.74) is 3.97. The quantitative estimate of drug-likeness (QED) is 0.101. The van der Waals surface area contributed by atoms with Crippen LogP contribution in [0.15, 0.2) is 122 Å². The van der Waals surface area contributed by atoms with E-state index in [1.165, 1.54) is 6.39 Å². The summed E-state index contributed by atoms with van der Waals surface area (Å²) in [6, 6.07) is 28.6.